The van der Waals surface area contributed by atoms with Crippen LogP contribution < -0.4 is 4.90 Å². The molecule has 96 valence electrons. The number of rotatable bonds is 4. The summed E-state index contributed by atoms with van der Waals surface area (Å²) in [6.07, 6.45) is 0. The normalized spacial score (nSPS) is 11.7. The van der Waals surface area contributed by atoms with Gasteiger partial charge in [-0.15, -0.1) is 0 Å². The molecule has 1 heterocycles. The van der Waals surface area contributed by atoms with Crippen LogP contribution in [0.15, 0.2) is 6.07 Å². The number of pyridine rings is 1. The largest absolute Gasteiger partial charge is 0.481 e. The quantitative estimate of drug-likeness (QED) is 0.876. The summed E-state index contributed by atoms with van der Waals surface area (Å²) in [6, 6.07) is 3.97. The van der Waals surface area contributed by atoms with E-state index in [0.29, 0.717) is 17.9 Å². The Labute approximate surface area is 107 Å². The lowest BCUT2D eigenvalue weighted by atomic mass is 10.1. The van der Waals surface area contributed by atoms with Crippen LogP contribution in [0.1, 0.15) is 23.7 Å². The summed E-state index contributed by atoms with van der Waals surface area (Å²) in [4.78, 5) is 16.9. The average molecular weight is 247 g/mol. The molecule has 1 rings (SSSR count). The molecule has 0 saturated heterocycles. The highest BCUT2D eigenvalue weighted by molar-refractivity contribution is 5.70. The number of carboxylic acids is 1. The van der Waals surface area contributed by atoms with Gasteiger partial charge in [0, 0.05) is 19.3 Å². The minimum atomic E-state index is -0.857. The van der Waals surface area contributed by atoms with E-state index in [9.17, 15) is 4.79 Å². The summed E-state index contributed by atoms with van der Waals surface area (Å²) in [7, 11) is 1.75. The maximum absolute atomic E-state index is 10.8. The summed E-state index contributed by atoms with van der Waals surface area (Å²) in [6.45, 7) is 5.66. The minimum absolute atomic E-state index is 0.319. The van der Waals surface area contributed by atoms with E-state index < -0.39 is 11.9 Å². The third-order valence-corrected chi connectivity index (χ3v) is 2.77. The number of aromatic nitrogens is 1. The third kappa shape index (κ3) is 2.98. The molecule has 5 heteroatoms. The van der Waals surface area contributed by atoms with Crippen molar-refractivity contribution in [3.8, 4) is 6.07 Å². The van der Waals surface area contributed by atoms with Gasteiger partial charge in [0.15, 0.2) is 0 Å². The Hall–Kier alpha value is -2.09. The number of nitrogens with zero attached hydrogens (tertiary/aromatic N) is 3. The Bertz CT molecular complexity index is 506. The number of hydrogen-bond donors (Lipinski definition) is 1. The fourth-order valence-electron chi connectivity index (χ4n) is 1.81. The molecule has 0 unspecified atom stereocenters. The van der Waals surface area contributed by atoms with Gasteiger partial charge in [-0.05, 0) is 25.5 Å². The second-order valence-corrected chi connectivity index (χ2v) is 4.51. The van der Waals surface area contributed by atoms with Gasteiger partial charge in [0.25, 0.3) is 0 Å². The van der Waals surface area contributed by atoms with E-state index in [1.54, 1.807) is 18.9 Å². The standard InChI is InChI=1S/C13H17N3O2/c1-8-5-10(3)15-12(11(8)6-14)16(4)7-9(2)13(17)18/h5,9H,7H2,1-4H3,(H,17,18)/t9-/m0/s1. The first-order valence-corrected chi connectivity index (χ1v) is 5.69. The highest BCUT2D eigenvalue weighted by Crippen LogP contribution is 2.21. The molecule has 0 radical (unpaired) electrons. The molecule has 0 fully saturated rings. The Morgan fingerprint density at radius 3 is 2.72 bits per heavy atom. The van der Waals surface area contributed by atoms with Crippen LogP contribution in [-0.4, -0.2) is 29.7 Å². The van der Waals surface area contributed by atoms with Crippen molar-refractivity contribution in [3.05, 3.63) is 22.9 Å². The van der Waals surface area contributed by atoms with Gasteiger partial charge in [-0.1, -0.05) is 6.92 Å². The van der Waals surface area contributed by atoms with Crippen LogP contribution in [0.3, 0.4) is 0 Å². The van der Waals surface area contributed by atoms with E-state index in [0.717, 1.165) is 11.3 Å². The van der Waals surface area contributed by atoms with E-state index in [2.05, 4.69) is 11.1 Å². The molecule has 1 aromatic rings. The van der Waals surface area contributed by atoms with Crippen molar-refractivity contribution in [2.75, 3.05) is 18.5 Å². The van der Waals surface area contributed by atoms with Gasteiger partial charge in [-0.3, -0.25) is 4.79 Å². The number of aliphatic carboxylic acids is 1. The summed E-state index contributed by atoms with van der Waals surface area (Å²) < 4.78 is 0. The molecule has 5 nitrogen and oxygen atoms in total. The van der Waals surface area contributed by atoms with Crippen molar-refractivity contribution in [1.82, 2.24) is 4.98 Å². The number of carboxylic acid groups (broad SMARTS) is 1. The topological polar surface area (TPSA) is 77.2 Å². The molecular weight excluding hydrogens is 230 g/mol. The highest BCUT2D eigenvalue weighted by atomic mass is 16.4. The fraction of sp³-hybridized carbons (Fsp3) is 0.462. The van der Waals surface area contributed by atoms with E-state index in [1.807, 2.05) is 19.9 Å². The third-order valence-electron chi connectivity index (χ3n) is 2.77. The number of anilines is 1. The average Bonchev–Trinajstić information content (AvgIpc) is 2.27. The van der Waals surface area contributed by atoms with Gasteiger partial charge in [0.1, 0.15) is 11.9 Å². The molecule has 18 heavy (non-hydrogen) atoms. The van der Waals surface area contributed by atoms with Crippen LogP contribution in [0.2, 0.25) is 0 Å². The second-order valence-electron chi connectivity index (χ2n) is 4.51. The molecule has 0 aliphatic heterocycles. The zero-order valence-electron chi connectivity index (χ0n) is 11.1. The van der Waals surface area contributed by atoms with Gasteiger partial charge in [-0.25, -0.2) is 4.98 Å². The molecule has 0 bridgehead atoms. The van der Waals surface area contributed by atoms with Crippen LogP contribution in [0.5, 0.6) is 0 Å². The zero-order chi connectivity index (χ0) is 13.9. The lowest BCUT2D eigenvalue weighted by molar-refractivity contribution is -0.140. The Kier molecular flexibility index (Phi) is 4.27. The first-order chi connectivity index (χ1) is 8.36. The summed E-state index contributed by atoms with van der Waals surface area (Å²) >= 11 is 0. The number of hydrogen-bond acceptors (Lipinski definition) is 4. The van der Waals surface area contributed by atoms with Crippen molar-refractivity contribution in [2.45, 2.75) is 20.8 Å². The molecule has 0 amide bonds. The van der Waals surface area contributed by atoms with Gasteiger partial charge < -0.3 is 10.0 Å². The molecular formula is C13H17N3O2. The Morgan fingerprint density at radius 1 is 1.61 bits per heavy atom. The molecule has 1 aromatic heterocycles. The van der Waals surface area contributed by atoms with Gasteiger partial charge in [0.05, 0.1) is 11.5 Å². The van der Waals surface area contributed by atoms with Gasteiger partial charge in [-0.2, -0.15) is 5.26 Å². The van der Waals surface area contributed by atoms with Crippen LogP contribution >= 0.6 is 0 Å². The summed E-state index contributed by atoms with van der Waals surface area (Å²) in [5, 5.41) is 18.1. The van der Waals surface area contributed by atoms with E-state index in [1.165, 1.54) is 0 Å². The maximum Gasteiger partial charge on any atom is 0.308 e. The first kappa shape index (κ1) is 14.0. The van der Waals surface area contributed by atoms with Crippen LogP contribution in [0.25, 0.3) is 0 Å². The van der Waals surface area contributed by atoms with Gasteiger partial charge >= 0.3 is 5.97 Å². The van der Waals surface area contributed by atoms with E-state index >= 15 is 0 Å². The van der Waals surface area contributed by atoms with Gasteiger partial charge in [0.2, 0.25) is 0 Å². The first-order valence-electron chi connectivity index (χ1n) is 5.69. The molecule has 0 aliphatic rings. The molecule has 0 spiro atoms. The van der Waals surface area contributed by atoms with Crippen LogP contribution in [0.4, 0.5) is 5.82 Å². The monoisotopic (exact) mass is 247 g/mol. The van der Waals surface area contributed by atoms with Crippen LogP contribution in [-0.2, 0) is 4.79 Å². The van der Waals surface area contributed by atoms with Crippen molar-refractivity contribution in [1.29, 1.82) is 5.26 Å². The summed E-state index contributed by atoms with van der Waals surface area (Å²) in [5.74, 6) is -0.822. The predicted molar refractivity (Wildman–Crippen MR) is 68.5 cm³/mol. The molecule has 0 aromatic carbocycles. The van der Waals surface area contributed by atoms with Crippen molar-refractivity contribution in [2.24, 2.45) is 5.92 Å². The highest BCUT2D eigenvalue weighted by Gasteiger charge is 2.18. The summed E-state index contributed by atoms with van der Waals surface area (Å²) in [5.41, 5.74) is 2.17. The predicted octanol–water partition coefficient (Wildman–Crippen LogP) is 1.73. The maximum atomic E-state index is 10.8. The number of carbonyl (C=O) groups is 1. The van der Waals surface area contributed by atoms with Crippen molar-refractivity contribution >= 4 is 11.8 Å². The Morgan fingerprint density at radius 2 is 2.22 bits per heavy atom. The smallest absolute Gasteiger partial charge is 0.308 e. The van der Waals surface area contributed by atoms with Crippen LogP contribution in [0, 0.1) is 31.1 Å². The number of aryl methyl sites for hydroxylation is 2. The van der Waals surface area contributed by atoms with E-state index in [-0.39, 0.29) is 0 Å². The number of nitriles is 1. The molecule has 0 aliphatic carbocycles. The molecule has 1 atom stereocenters. The minimum Gasteiger partial charge on any atom is -0.481 e. The SMILES string of the molecule is Cc1cc(C)c(C#N)c(N(C)C[C@H](C)C(=O)O)n1. The lowest BCUT2D eigenvalue weighted by Gasteiger charge is -2.22. The van der Waals surface area contributed by atoms with Crippen molar-refractivity contribution < 1.29 is 9.90 Å². The van der Waals surface area contributed by atoms with E-state index in [4.69, 9.17) is 10.4 Å². The zero-order valence-corrected chi connectivity index (χ0v) is 11.1. The fourth-order valence-corrected chi connectivity index (χ4v) is 1.81. The molecule has 0 saturated carbocycles. The Balaban J connectivity index is 3.09. The second kappa shape index (κ2) is 5.50. The van der Waals surface area contributed by atoms with Crippen molar-refractivity contribution in [3.63, 3.8) is 0 Å². The molecule has 1 N–H and O–H groups in total. The lowest BCUT2D eigenvalue weighted by Crippen LogP contribution is -2.29.